The van der Waals surface area contributed by atoms with Crippen molar-refractivity contribution in [1.82, 2.24) is 14.9 Å². The van der Waals surface area contributed by atoms with E-state index in [1.165, 1.54) is 11.3 Å². The molecule has 0 spiro atoms. The van der Waals surface area contributed by atoms with Gasteiger partial charge in [-0.25, -0.2) is 4.98 Å². The standard InChI is InChI=1S/C24H26N4O3S/c1-3-31-20-10-8-19(9-11-20)27-22(29)18-7-5-13-28(15-18)24(30)21-16(2)26-23(32-21)17-6-4-12-25-14-17/h4,6,8-12,14,18H,3,5,7,13,15H2,1-2H3,(H,27,29). The number of piperidine rings is 1. The first-order chi connectivity index (χ1) is 15.5. The Bertz CT molecular complexity index is 1080. The van der Waals surface area contributed by atoms with Crippen LogP contribution in [0, 0.1) is 12.8 Å². The van der Waals surface area contributed by atoms with E-state index >= 15 is 0 Å². The van der Waals surface area contributed by atoms with Crippen molar-refractivity contribution in [3.05, 3.63) is 59.4 Å². The number of amides is 2. The summed E-state index contributed by atoms with van der Waals surface area (Å²) in [6.07, 6.45) is 5.01. The number of benzene rings is 1. The van der Waals surface area contributed by atoms with E-state index in [0.29, 0.717) is 30.3 Å². The Morgan fingerprint density at radius 3 is 2.78 bits per heavy atom. The molecule has 1 unspecified atom stereocenters. The maximum Gasteiger partial charge on any atom is 0.265 e. The van der Waals surface area contributed by atoms with Crippen molar-refractivity contribution < 1.29 is 14.3 Å². The summed E-state index contributed by atoms with van der Waals surface area (Å²) in [5.74, 6) is 0.397. The molecule has 3 heterocycles. The molecule has 0 saturated carbocycles. The second-order valence-electron chi connectivity index (χ2n) is 7.71. The first-order valence-electron chi connectivity index (χ1n) is 10.8. The van der Waals surface area contributed by atoms with Crippen molar-refractivity contribution >= 4 is 28.8 Å². The van der Waals surface area contributed by atoms with Crippen LogP contribution in [0.15, 0.2) is 48.8 Å². The van der Waals surface area contributed by atoms with E-state index in [1.54, 1.807) is 17.3 Å². The number of pyridine rings is 1. The zero-order valence-electron chi connectivity index (χ0n) is 18.2. The molecule has 1 fully saturated rings. The molecule has 3 aromatic rings. The van der Waals surface area contributed by atoms with Crippen LogP contribution >= 0.6 is 11.3 Å². The van der Waals surface area contributed by atoms with Crippen molar-refractivity contribution in [2.75, 3.05) is 25.0 Å². The van der Waals surface area contributed by atoms with E-state index in [9.17, 15) is 9.59 Å². The Kier molecular flexibility index (Phi) is 6.80. The summed E-state index contributed by atoms with van der Waals surface area (Å²) < 4.78 is 5.44. The second-order valence-corrected chi connectivity index (χ2v) is 8.71. The highest BCUT2D eigenvalue weighted by Gasteiger charge is 2.30. The zero-order valence-corrected chi connectivity index (χ0v) is 19.0. The summed E-state index contributed by atoms with van der Waals surface area (Å²) in [4.78, 5) is 37.2. The fourth-order valence-corrected chi connectivity index (χ4v) is 4.80. The van der Waals surface area contributed by atoms with E-state index in [4.69, 9.17) is 4.74 Å². The van der Waals surface area contributed by atoms with Crippen LogP contribution in [0.25, 0.3) is 10.6 Å². The number of thiazole rings is 1. The zero-order chi connectivity index (χ0) is 22.5. The smallest absolute Gasteiger partial charge is 0.265 e. The number of carbonyl (C=O) groups is 2. The van der Waals surface area contributed by atoms with Gasteiger partial charge in [-0.3, -0.25) is 14.6 Å². The van der Waals surface area contributed by atoms with Crippen molar-refractivity contribution in [2.45, 2.75) is 26.7 Å². The quantitative estimate of drug-likeness (QED) is 0.602. The third-order valence-electron chi connectivity index (χ3n) is 5.41. The summed E-state index contributed by atoms with van der Waals surface area (Å²) in [5.41, 5.74) is 2.33. The fourth-order valence-electron chi connectivity index (χ4n) is 3.77. The lowest BCUT2D eigenvalue weighted by molar-refractivity contribution is -0.121. The first-order valence-corrected chi connectivity index (χ1v) is 11.6. The van der Waals surface area contributed by atoms with Crippen molar-refractivity contribution in [1.29, 1.82) is 0 Å². The van der Waals surface area contributed by atoms with Gasteiger partial charge in [0.1, 0.15) is 15.6 Å². The van der Waals surface area contributed by atoms with Crippen LogP contribution in [-0.4, -0.2) is 46.4 Å². The molecule has 1 N–H and O–H groups in total. The summed E-state index contributed by atoms with van der Waals surface area (Å²) in [5, 5.41) is 3.75. The molecule has 7 nitrogen and oxygen atoms in total. The van der Waals surface area contributed by atoms with Gasteiger partial charge in [-0.05, 0) is 63.1 Å². The lowest BCUT2D eigenvalue weighted by Gasteiger charge is -2.31. The molecule has 1 saturated heterocycles. The summed E-state index contributed by atoms with van der Waals surface area (Å²) >= 11 is 1.38. The van der Waals surface area contributed by atoms with Gasteiger partial charge < -0.3 is 15.0 Å². The van der Waals surface area contributed by atoms with E-state index in [1.807, 2.05) is 50.2 Å². The number of nitrogens with one attached hydrogen (secondary N) is 1. The maximum atomic E-state index is 13.2. The minimum absolute atomic E-state index is 0.0614. The van der Waals surface area contributed by atoms with Crippen LogP contribution in [0.5, 0.6) is 5.75 Å². The number of ether oxygens (including phenoxy) is 1. The number of carbonyl (C=O) groups excluding carboxylic acids is 2. The molecule has 32 heavy (non-hydrogen) atoms. The molecule has 8 heteroatoms. The molecule has 2 aromatic heterocycles. The molecule has 0 bridgehead atoms. The van der Waals surface area contributed by atoms with Gasteiger partial charge in [0, 0.05) is 36.7 Å². The Morgan fingerprint density at radius 1 is 1.25 bits per heavy atom. The van der Waals surface area contributed by atoms with Crippen LogP contribution < -0.4 is 10.1 Å². The number of nitrogens with zero attached hydrogens (tertiary/aromatic N) is 3. The largest absolute Gasteiger partial charge is 0.494 e. The topological polar surface area (TPSA) is 84.4 Å². The summed E-state index contributed by atoms with van der Waals surface area (Å²) in [6.45, 7) is 5.43. The minimum atomic E-state index is -0.245. The number of anilines is 1. The van der Waals surface area contributed by atoms with Gasteiger partial charge in [-0.1, -0.05) is 0 Å². The number of rotatable bonds is 6. The monoisotopic (exact) mass is 450 g/mol. The van der Waals surface area contributed by atoms with E-state index in [-0.39, 0.29) is 17.7 Å². The average Bonchev–Trinajstić information content (AvgIpc) is 3.22. The average molecular weight is 451 g/mol. The Labute approximate surface area is 191 Å². The van der Waals surface area contributed by atoms with Crippen molar-refractivity contribution in [3.63, 3.8) is 0 Å². The maximum absolute atomic E-state index is 13.2. The predicted molar refractivity (Wildman–Crippen MR) is 125 cm³/mol. The molecule has 0 radical (unpaired) electrons. The lowest BCUT2D eigenvalue weighted by atomic mass is 9.96. The number of aromatic nitrogens is 2. The first kappa shape index (κ1) is 22.0. The van der Waals surface area contributed by atoms with Crippen LogP contribution in [0.3, 0.4) is 0 Å². The molecule has 0 aliphatic carbocycles. The van der Waals surface area contributed by atoms with E-state index in [2.05, 4.69) is 15.3 Å². The SMILES string of the molecule is CCOc1ccc(NC(=O)C2CCCN(C(=O)c3sc(-c4cccnc4)nc3C)C2)cc1. The van der Waals surface area contributed by atoms with Gasteiger partial charge in [-0.15, -0.1) is 11.3 Å². The lowest BCUT2D eigenvalue weighted by Crippen LogP contribution is -2.43. The number of likely N-dealkylation sites (tertiary alicyclic amines) is 1. The summed E-state index contributed by atoms with van der Waals surface area (Å²) in [7, 11) is 0. The molecular formula is C24H26N4O3S. The van der Waals surface area contributed by atoms with Crippen LogP contribution in [0.2, 0.25) is 0 Å². The normalized spacial score (nSPS) is 15.9. The van der Waals surface area contributed by atoms with Crippen molar-refractivity contribution in [2.24, 2.45) is 5.92 Å². The highest BCUT2D eigenvalue weighted by atomic mass is 32.1. The van der Waals surface area contributed by atoms with Gasteiger partial charge in [0.15, 0.2) is 0 Å². The third-order valence-corrected chi connectivity index (χ3v) is 6.61. The molecule has 4 rings (SSSR count). The van der Waals surface area contributed by atoms with Crippen LogP contribution in [-0.2, 0) is 4.79 Å². The molecule has 1 atom stereocenters. The third kappa shape index (κ3) is 4.96. The molecule has 2 amide bonds. The van der Waals surface area contributed by atoms with Crippen molar-refractivity contribution in [3.8, 4) is 16.3 Å². The van der Waals surface area contributed by atoms with Gasteiger partial charge in [-0.2, -0.15) is 0 Å². The Balaban J connectivity index is 1.42. The molecule has 1 aliphatic rings. The van der Waals surface area contributed by atoms with Gasteiger partial charge in [0.25, 0.3) is 5.91 Å². The molecule has 166 valence electrons. The number of aryl methyl sites for hydroxylation is 1. The molecule has 1 aromatic carbocycles. The van der Waals surface area contributed by atoms with Gasteiger partial charge in [0.2, 0.25) is 5.91 Å². The highest BCUT2D eigenvalue weighted by Crippen LogP contribution is 2.30. The van der Waals surface area contributed by atoms with E-state index < -0.39 is 0 Å². The second kappa shape index (κ2) is 9.91. The number of hydrogen-bond donors (Lipinski definition) is 1. The predicted octanol–water partition coefficient (Wildman–Crippen LogP) is 4.40. The van der Waals surface area contributed by atoms with Gasteiger partial charge in [0.05, 0.1) is 18.2 Å². The Hall–Kier alpha value is -3.26. The summed E-state index contributed by atoms with van der Waals surface area (Å²) in [6, 6.07) is 11.1. The number of hydrogen-bond acceptors (Lipinski definition) is 6. The van der Waals surface area contributed by atoms with Crippen LogP contribution in [0.4, 0.5) is 5.69 Å². The highest BCUT2D eigenvalue weighted by molar-refractivity contribution is 7.17. The molecular weight excluding hydrogens is 424 g/mol. The minimum Gasteiger partial charge on any atom is -0.494 e. The molecule has 1 aliphatic heterocycles. The fraction of sp³-hybridized carbons (Fsp3) is 0.333. The van der Waals surface area contributed by atoms with Gasteiger partial charge >= 0.3 is 0 Å². The Morgan fingerprint density at radius 2 is 2.06 bits per heavy atom. The van der Waals surface area contributed by atoms with Crippen LogP contribution in [0.1, 0.15) is 35.1 Å². The van der Waals surface area contributed by atoms with E-state index in [0.717, 1.165) is 34.8 Å².